The van der Waals surface area contributed by atoms with Gasteiger partial charge in [-0.2, -0.15) is 0 Å². The smallest absolute Gasteiger partial charge is 0.202 e. The number of para-hydroxylation sites is 1. The molecule has 1 heterocycles. The number of ketones is 1. The number of aromatic amines is 1. The van der Waals surface area contributed by atoms with Crippen LogP contribution in [0, 0.1) is 0 Å². The fraction of sp³-hybridized carbons (Fsp3) is 0.0625. The number of fused-ring (bicyclic) bond motifs is 1. The van der Waals surface area contributed by atoms with Crippen molar-refractivity contribution in [2.75, 3.05) is 6.61 Å². The number of H-pyrrole nitrogens is 1. The number of aromatic nitrogens is 1. The van der Waals surface area contributed by atoms with E-state index in [0.29, 0.717) is 21.4 Å². The van der Waals surface area contributed by atoms with Gasteiger partial charge in [0.25, 0.3) is 0 Å². The second-order valence-corrected chi connectivity index (χ2v) is 5.35. The lowest BCUT2D eigenvalue weighted by Gasteiger charge is -2.06. The van der Waals surface area contributed by atoms with E-state index < -0.39 is 0 Å². The van der Waals surface area contributed by atoms with Crippen LogP contribution < -0.4 is 4.74 Å². The van der Waals surface area contributed by atoms with Gasteiger partial charge in [-0.05, 0) is 18.2 Å². The molecule has 0 saturated heterocycles. The Kier molecular flexibility index (Phi) is 3.86. The molecule has 0 aliphatic rings. The molecular formula is C16H11Cl2NO2. The molecule has 3 aromatic rings. The van der Waals surface area contributed by atoms with E-state index in [1.807, 2.05) is 24.3 Å². The SMILES string of the molecule is O=C(COc1ccc(Cl)c(Cl)c1)c1c[nH]c2ccccc12. The molecule has 21 heavy (non-hydrogen) atoms. The van der Waals surface area contributed by atoms with Crippen molar-refractivity contribution >= 4 is 39.9 Å². The average Bonchev–Trinajstić information content (AvgIpc) is 2.92. The van der Waals surface area contributed by atoms with Gasteiger partial charge in [-0.25, -0.2) is 0 Å². The van der Waals surface area contributed by atoms with Gasteiger partial charge in [-0.3, -0.25) is 4.79 Å². The van der Waals surface area contributed by atoms with Gasteiger partial charge < -0.3 is 9.72 Å². The first-order chi connectivity index (χ1) is 10.1. The van der Waals surface area contributed by atoms with Gasteiger partial charge in [0, 0.05) is 28.7 Å². The topological polar surface area (TPSA) is 42.1 Å². The molecule has 3 nitrogen and oxygen atoms in total. The van der Waals surface area contributed by atoms with E-state index in [1.54, 1.807) is 24.4 Å². The molecule has 0 amide bonds. The van der Waals surface area contributed by atoms with E-state index in [4.69, 9.17) is 27.9 Å². The van der Waals surface area contributed by atoms with E-state index in [2.05, 4.69) is 4.98 Å². The van der Waals surface area contributed by atoms with Crippen LogP contribution in [-0.2, 0) is 0 Å². The molecule has 0 saturated carbocycles. The molecule has 3 rings (SSSR count). The summed E-state index contributed by atoms with van der Waals surface area (Å²) in [5.74, 6) is 0.413. The van der Waals surface area contributed by atoms with Crippen LogP contribution in [0.5, 0.6) is 5.75 Å². The lowest BCUT2D eigenvalue weighted by atomic mass is 10.1. The molecule has 0 unspecified atom stereocenters. The van der Waals surface area contributed by atoms with Gasteiger partial charge in [-0.1, -0.05) is 41.4 Å². The number of rotatable bonds is 4. The van der Waals surface area contributed by atoms with Gasteiger partial charge in [0.05, 0.1) is 10.0 Å². The number of carbonyl (C=O) groups excluding carboxylic acids is 1. The van der Waals surface area contributed by atoms with E-state index in [1.165, 1.54) is 0 Å². The Morgan fingerprint density at radius 2 is 1.90 bits per heavy atom. The van der Waals surface area contributed by atoms with Crippen molar-refractivity contribution < 1.29 is 9.53 Å². The van der Waals surface area contributed by atoms with Crippen molar-refractivity contribution in [3.63, 3.8) is 0 Å². The molecule has 0 fully saturated rings. The zero-order chi connectivity index (χ0) is 14.8. The highest BCUT2D eigenvalue weighted by Gasteiger charge is 2.12. The monoisotopic (exact) mass is 319 g/mol. The number of ether oxygens (including phenoxy) is 1. The minimum atomic E-state index is -0.0986. The van der Waals surface area contributed by atoms with Crippen LogP contribution >= 0.6 is 23.2 Å². The number of benzene rings is 2. The molecule has 0 bridgehead atoms. The summed E-state index contributed by atoms with van der Waals surface area (Å²) in [7, 11) is 0. The minimum Gasteiger partial charge on any atom is -0.485 e. The lowest BCUT2D eigenvalue weighted by Crippen LogP contribution is -2.11. The van der Waals surface area contributed by atoms with Crippen molar-refractivity contribution in [2.45, 2.75) is 0 Å². The Hall–Kier alpha value is -1.97. The Morgan fingerprint density at radius 3 is 2.71 bits per heavy atom. The lowest BCUT2D eigenvalue weighted by molar-refractivity contribution is 0.0923. The molecule has 1 N–H and O–H groups in total. The first-order valence-electron chi connectivity index (χ1n) is 6.32. The average molecular weight is 320 g/mol. The van der Waals surface area contributed by atoms with Gasteiger partial charge in [0.2, 0.25) is 5.78 Å². The molecular weight excluding hydrogens is 309 g/mol. The summed E-state index contributed by atoms with van der Waals surface area (Å²) in [5, 5.41) is 1.74. The van der Waals surface area contributed by atoms with E-state index in [9.17, 15) is 4.79 Å². The molecule has 106 valence electrons. The van der Waals surface area contributed by atoms with Crippen molar-refractivity contribution in [1.29, 1.82) is 0 Å². The van der Waals surface area contributed by atoms with Crippen LogP contribution in [0.3, 0.4) is 0 Å². The molecule has 0 atom stereocenters. The van der Waals surface area contributed by atoms with Crippen LogP contribution in [0.1, 0.15) is 10.4 Å². The Bertz CT molecular complexity index is 811. The summed E-state index contributed by atoms with van der Waals surface area (Å²) in [6, 6.07) is 12.5. The molecule has 5 heteroatoms. The largest absolute Gasteiger partial charge is 0.485 e. The Morgan fingerprint density at radius 1 is 1.10 bits per heavy atom. The quantitative estimate of drug-likeness (QED) is 0.706. The molecule has 0 spiro atoms. The summed E-state index contributed by atoms with van der Waals surface area (Å²) in [5.41, 5.74) is 1.54. The maximum Gasteiger partial charge on any atom is 0.202 e. The fourth-order valence-electron chi connectivity index (χ4n) is 2.10. The summed E-state index contributed by atoms with van der Waals surface area (Å²) in [6.45, 7) is -0.0557. The maximum atomic E-state index is 12.2. The second-order valence-electron chi connectivity index (χ2n) is 4.54. The fourth-order valence-corrected chi connectivity index (χ4v) is 2.38. The Labute approximate surface area is 131 Å². The number of nitrogens with one attached hydrogen (secondary N) is 1. The molecule has 0 radical (unpaired) electrons. The third-order valence-corrected chi connectivity index (χ3v) is 3.89. The number of hydrogen-bond donors (Lipinski definition) is 1. The number of Topliss-reactive ketones (excluding diaryl/α,β-unsaturated/α-hetero) is 1. The van der Waals surface area contributed by atoms with Gasteiger partial charge >= 0.3 is 0 Å². The van der Waals surface area contributed by atoms with Crippen LogP contribution in [0.2, 0.25) is 10.0 Å². The highest BCUT2D eigenvalue weighted by molar-refractivity contribution is 6.42. The highest BCUT2D eigenvalue weighted by Crippen LogP contribution is 2.26. The summed E-state index contributed by atoms with van der Waals surface area (Å²) in [6.07, 6.45) is 1.70. The number of hydrogen-bond acceptors (Lipinski definition) is 2. The van der Waals surface area contributed by atoms with E-state index in [-0.39, 0.29) is 12.4 Å². The number of halogens is 2. The van der Waals surface area contributed by atoms with E-state index >= 15 is 0 Å². The van der Waals surface area contributed by atoms with Crippen LogP contribution in [0.4, 0.5) is 0 Å². The first-order valence-corrected chi connectivity index (χ1v) is 7.08. The van der Waals surface area contributed by atoms with Crippen LogP contribution in [0.15, 0.2) is 48.7 Å². The third-order valence-electron chi connectivity index (χ3n) is 3.15. The van der Waals surface area contributed by atoms with E-state index in [0.717, 1.165) is 10.9 Å². The van der Waals surface area contributed by atoms with Crippen molar-refractivity contribution in [1.82, 2.24) is 4.98 Å². The molecule has 1 aromatic heterocycles. The van der Waals surface area contributed by atoms with Crippen LogP contribution in [0.25, 0.3) is 10.9 Å². The van der Waals surface area contributed by atoms with Crippen molar-refractivity contribution in [3.8, 4) is 5.75 Å². The normalized spacial score (nSPS) is 10.8. The predicted molar refractivity (Wildman–Crippen MR) is 84.6 cm³/mol. The molecule has 0 aliphatic heterocycles. The maximum absolute atomic E-state index is 12.2. The second kappa shape index (κ2) is 5.80. The zero-order valence-corrected chi connectivity index (χ0v) is 12.4. The number of carbonyl (C=O) groups is 1. The summed E-state index contributed by atoms with van der Waals surface area (Å²) >= 11 is 11.7. The van der Waals surface area contributed by atoms with Gasteiger partial charge in [0.1, 0.15) is 5.75 Å². The first kappa shape index (κ1) is 14.0. The summed E-state index contributed by atoms with van der Waals surface area (Å²) < 4.78 is 5.47. The predicted octanol–water partition coefficient (Wildman–Crippen LogP) is 4.74. The van der Waals surface area contributed by atoms with Gasteiger partial charge in [0.15, 0.2) is 6.61 Å². The minimum absolute atomic E-state index is 0.0557. The van der Waals surface area contributed by atoms with Crippen molar-refractivity contribution in [3.05, 3.63) is 64.3 Å². The highest BCUT2D eigenvalue weighted by atomic mass is 35.5. The zero-order valence-electron chi connectivity index (χ0n) is 10.9. The third kappa shape index (κ3) is 2.89. The molecule has 2 aromatic carbocycles. The molecule has 0 aliphatic carbocycles. The van der Waals surface area contributed by atoms with Crippen LogP contribution in [-0.4, -0.2) is 17.4 Å². The summed E-state index contributed by atoms with van der Waals surface area (Å²) in [4.78, 5) is 15.3. The Balaban J connectivity index is 1.76. The van der Waals surface area contributed by atoms with Gasteiger partial charge in [-0.15, -0.1) is 0 Å². The standard InChI is InChI=1S/C16H11Cl2NO2/c17-13-6-5-10(7-14(13)18)21-9-16(20)12-8-19-15-4-2-1-3-11(12)15/h1-8,19H,9H2. The van der Waals surface area contributed by atoms with Crippen molar-refractivity contribution in [2.24, 2.45) is 0 Å².